The van der Waals surface area contributed by atoms with E-state index in [9.17, 15) is 4.79 Å². The van der Waals surface area contributed by atoms with Crippen LogP contribution in [-0.4, -0.2) is 51.3 Å². The fourth-order valence-electron chi connectivity index (χ4n) is 3.03. The van der Waals surface area contributed by atoms with E-state index in [4.69, 9.17) is 9.47 Å². The Kier molecular flexibility index (Phi) is 4.78. The molecule has 0 aromatic carbocycles. The summed E-state index contributed by atoms with van der Waals surface area (Å²) in [6, 6.07) is 0. The minimum atomic E-state index is 0.189. The zero-order valence-corrected chi connectivity index (χ0v) is 11.3. The van der Waals surface area contributed by atoms with Gasteiger partial charge in [0, 0.05) is 33.2 Å². The first-order valence-electron chi connectivity index (χ1n) is 6.71. The summed E-state index contributed by atoms with van der Waals surface area (Å²) < 4.78 is 10.2. The van der Waals surface area contributed by atoms with Crippen LogP contribution in [-0.2, 0) is 14.3 Å². The number of carbonyl (C=O) groups is 1. The molecule has 2 rings (SSSR count). The standard InChI is InChI=1S/C14H23NO3/c1-17-7-5-15(6-8-18-2)14(16)13-10-11-3-4-12(13)9-11/h3-4,11-13H,5-10H2,1-2H3. The van der Waals surface area contributed by atoms with Gasteiger partial charge in [-0.25, -0.2) is 0 Å². The van der Waals surface area contributed by atoms with E-state index in [1.807, 2.05) is 4.90 Å². The highest BCUT2D eigenvalue weighted by molar-refractivity contribution is 5.80. The summed E-state index contributed by atoms with van der Waals surface area (Å²) in [4.78, 5) is 14.4. The highest BCUT2D eigenvalue weighted by Gasteiger charge is 2.41. The van der Waals surface area contributed by atoms with Crippen LogP contribution in [0.5, 0.6) is 0 Å². The molecule has 0 aromatic heterocycles. The van der Waals surface area contributed by atoms with Gasteiger partial charge in [-0.3, -0.25) is 4.79 Å². The van der Waals surface area contributed by atoms with Gasteiger partial charge >= 0.3 is 0 Å². The van der Waals surface area contributed by atoms with Crippen molar-refractivity contribution in [2.24, 2.45) is 17.8 Å². The van der Waals surface area contributed by atoms with Gasteiger partial charge in [0.05, 0.1) is 13.2 Å². The van der Waals surface area contributed by atoms with Gasteiger partial charge < -0.3 is 14.4 Å². The third-order valence-corrected chi connectivity index (χ3v) is 4.04. The molecule has 0 aromatic rings. The van der Waals surface area contributed by atoms with E-state index in [1.54, 1.807) is 14.2 Å². The van der Waals surface area contributed by atoms with Crippen LogP contribution in [0.15, 0.2) is 12.2 Å². The molecule has 1 fully saturated rings. The lowest BCUT2D eigenvalue weighted by Crippen LogP contribution is -2.41. The molecule has 3 unspecified atom stereocenters. The average molecular weight is 253 g/mol. The van der Waals surface area contributed by atoms with Crippen LogP contribution in [0.1, 0.15) is 12.8 Å². The Morgan fingerprint density at radius 2 is 1.83 bits per heavy atom. The molecular formula is C14H23NO3. The summed E-state index contributed by atoms with van der Waals surface area (Å²) in [6.45, 7) is 2.50. The van der Waals surface area contributed by atoms with Crippen molar-refractivity contribution >= 4 is 5.91 Å². The maximum atomic E-state index is 12.5. The quantitative estimate of drug-likeness (QED) is 0.642. The molecule has 102 valence electrons. The minimum absolute atomic E-state index is 0.189. The molecule has 18 heavy (non-hydrogen) atoms. The lowest BCUT2D eigenvalue weighted by Gasteiger charge is -2.27. The number of methoxy groups -OCH3 is 2. The average Bonchev–Trinajstić information content (AvgIpc) is 3.00. The van der Waals surface area contributed by atoms with Gasteiger partial charge in [0.15, 0.2) is 0 Å². The monoisotopic (exact) mass is 253 g/mol. The molecule has 0 radical (unpaired) electrons. The minimum Gasteiger partial charge on any atom is -0.383 e. The maximum absolute atomic E-state index is 12.5. The molecule has 2 aliphatic carbocycles. The smallest absolute Gasteiger partial charge is 0.226 e. The first-order chi connectivity index (χ1) is 8.76. The van der Waals surface area contributed by atoms with Crippen molar-refractivity contribution in [3.8, 4) is 0 Å². The number of ether oxygens (including phenoxy) is 2. The number of hydrogen-bond acceptors (Lipinski definition) is 3. The Labute approximate surface area is 109 Å². The number of nitrogens with zero attached hydrogens (tertiary/aromatic N) is 1. The Hall–Kier alpha value is -0.870. The summed E-state index contributed by atoms with van der Waals surface area (Å²) in [7, 11) is 3.33. The first-order valence-corrected chi connectivity index (χ1v) is 6.71. The molecule has 4 nitrogen and oxygen atoms in total. The second-order valence-electron chi connectivity index (χ2n) is 5.20. The second-order valence-corrected chi connectivity index (χ2v) is 5.20. The summed E-state index contributed by atoms with van der Waals surface area (Å²) in [6.07, 6.45) is 6.68. The van der Waals surface area contributed by atoms with Crippen molar-refractivity contribution in [3.63, 3.8) is 0 Å². The van der Waals surface area contributed by atoms with Crippen molar-refractivity contribution in [3.05, 3.63) is 12.2 Å². The van der Waals surface area contributed by atoms with Gasteiger partial charge in [-0.15, -0.1) is 0 Å². The summed E-state index contributed by atoms with van der Waals surface area (Å²) in [5.41, 5.74) is 0. The SMILES string of the molecule is COCCN(CCOC)C(=O)C1CC2C=CC1C2. The van der Waals surface area contributed by atoms with Crippen molar-refractivity contribution in [1.29, 1.82) is 0 Å². The van der Waals surface area contributed by atoms with Crippen LogP contribution in [0.4, 0.5) is 0 Å². The third kappa shape index (κ3) is 2.93. The van der Waals surface area contributed by atoms with E-state index in [0.29, 0.717) is 38.1 Å². The predicted octanol–water partition coefficient (Wildman–Crippen LogP) is 1.32. The molecule has 0 aliphatic heterocycles. The number of rotatable bonds is 7. The molecule has 0 saturated heterocycles. The normalized spacial score (nSPS) is 28.9. The Bertz CT molecular complexity index is 308. The van der Waals surface area contributed by atoms with Gasteiger partial charge in [0.2, 0.25) is 5.91 Å². The summed E-state index contributed by atoms with van der Waals surface area (Å²) >= 11 is 0. The van der Waals surface area contributed by atoms with Gasteiger partial charge in [-0.05, 0) is 24.7 Å². The van der Waals surface area contributed by atoms with Gasteiger partial charge in [0.25, 0.3) is 0 Å². The van der Waals surface area contributed by atoms with E-state index >= 15 is 0 Å². The van der Waals surface area contributed by atoms with E-state index in [0.717, 1.165) is 6.42 Å². The lowest BCUT2D eigenvalue weighted by molar-refractivity contribution is -0.137. The Morgan fingerprint density at radius 3 is 2.28 bits per heavy atom. The highest BCUT2D eigenvalue weighted by Crippen LogP contribution is 2.44. The van der Waals surface area contributed by atoms with Crippen LogP contribution < -0.4 is 0 Å². The Morgan fingerprint density at radius 1 is 1.17 bits per heavy atom. The molecule has 0 spiro atoms. The predicted molar refractivity (Wildman–Crippen MR) is 69.2 cm³/mol. The number of amides is 1. The Balaban J connectivity index is 1.92. The molecule has 1 saturated carbocycles. The second kappa shape index (κ2) is 6.34. The summed E-state index contributed by atoms with van der Waals surface area (Å²) in [5.74, 6) is 1.57. The zero-order valence-electron chi connectivity index (χ0n) is 11.3. The van der Waals surface area contributed by atoms with Crippen molar-refractivity contribution in [2.45, 2.75) is 12.8 Å². The fourth-order valence-corrected chi connectivity index (χ4v) is 3.03. The number of carbonyl (C=O) groups excluding carboxylic acids is 1. The van der Waals surface area contributed by atoms with Crippen LogP contribution in [0, 0.1) is 17.8 Å². The number of fused-ring (bicyclic) bond motifs is 2. The van der Waals surface area contributed by atoms with E-state index in [2.05, 4.69) is 12.2 Å². The molecule has 2 bridgehead atoms. The molecular weight excluding hydrogens is 230 g/mol. The van der Waals surface area contributed by atoms with Gasteiger partial charge in [-0.2, -0.15) is 0 Å². The first kappa shape index (κ1) is 13.6. The van der Waals surface area contributed by atoms with E-state index in [-0.39, 0.29) is 11.8 Å². The lowest BCUT2D eigenvalue weighted by atomic mass is 9.92. The van der Waals surface area contributed by atoms with Gasteiger partial charge in [0.1, 0.15) is 0 Å². The molecule has 1 amide bonds. The zero-order chi connectivity index (χ0) is 13.0. The van der Waals surface area contributed by atoms with Crippen molar-refractivity contribution in [1.82, 2.24) is 4.90 Å². The molecule has 0 heterocycles. The van der Waals surface area contributed by atoms with Crippen LogP contribution in [0.2, 0.25) is 0 Å². The maximum Gasteiger partial charge on any atom is 0.226 e. The van der Waals surface area contributed by atoms with E-state index in [1.165, 1.54) is 6.42 Å². The molecule has 4 heteroatoms. The summed E-state index contributed by atoms with van der Waals surface area (Å²) in [5, 5.41) is 0. The molecule has 3 atom stereocenters. The van der Waals surface area contributed by atoms with E-state index < -0.39 is 0 Å². The van der Waals surface area contributed by atoms with Crippen molar-refractivity contribution < 1.29 is 14.3 Å². The van der Waals surface area contributed by atoms with Gasteiger partial charge in [-0.1, -0.05) is 12.2 Å². The molecule has 2 aliphatic rings. The fraction of sp³-hybridized carbons (Fsp3) is 0.786. The van der Waals surface area contributed by atoms with Crippen LogP contribution >= 0.6 is 0 Å². The number of hydrogen-bond donors (Lipinski definition) is 0. The largest absolute Gasteiger partial charge is 0.383 e. The topological polar surface area (TPSA) is 38.8 Å². The third-order valence-electron chi connectivity index (χ3n) is 4.04. The van der Waals surface area contributed by atoms with Crippen molar-refractivity contribution in [2.75, 3.05) is 40.5 Å². The highest BCUT2D eigenvalue weighted by atomic mass is 16.5. The van der Waals surface area contributed by atoms with Crippen LogP contribution in [0.25, 0.3) is 0 Å². The molecule has 0 N–H and O–H groups in total. The number of allylic oxidation sites excluding steroid dienone is 2. The van der Waals surface area contributed by atoms with Crippen LogP contribution in [0.3, 0.4) is 0 Å².